The molecule has 0 aliphatic carbocycles. The molecule has 0 atom stereocenters. The Morgan fingerprint density at radius 3 is 2.71 bits per heavy atom. The average molecular weight is 299 g/mol. The fraction of sp³-hybridized carbons (Fsp3) is 0.250. The molecule has 0 radical (unpaired) electrons. The average Bonchev–Trinajstić information content (AvgIpc) is 2.90. The van der Waals surface area contributed by atoms with Gasteiger partial charge in [-0.15, -0.1) is 5.10 Å². The summed E-state index contributed by atoms with van der Waals surface area (Å²) in [5.41, 5.74) is 3.03. The zero-order valence-corrected chi connectivity index (χ0v) is 13.1. The van der Waals surface area contributed by atoms with Crippen molar-refractivity contribution in [2.45, 2.75) is 25.1 Å². The zero-order chi connectivity index (χ0) is 14.8. The summed E-state index contributed by atoms with van der Waals surface area (Å²) in [5, 5.41) is 5.32. The standard InChI is InChI=1S/C16H17N3OS/c1-11(2)20-15-7-5-4-6-13(15)14-9-8-12-10-17-16(21-3)18-19(12)14/h4-11H,1-3H3. The van der Waals surface area contributed by atoms with Gasteiger partial charge in [-0.3, -0.25) is 0 Å². The number of ether oxygens (including phenoxy) is 1. The van der Waals surface area contributed by atoms with E-state index < -0.39 is 0 Å². The molecule has 108 valence electrons. The molecule has 0 N–H and O–H groups in total. The Kier molecular flexibility index (Phi) is 3.84. The summed E-state index contributed by atoms with van der Waals surface area (Å²) in [5.74, 6) is 0.872. The highest BCUT2D eigenvalue weighted by Gasteiger charge is 2.12. The lowest BCUT2D eigenvalue weighted by Gasteiger charge is -2.14. The molecular formula is C16H17N3OS. The summed E-state index contributed by atoms with van der Waals surface area (Å²) in [4.78, 5) is 4.30. The number of nitrogens with zero attached hydrogens (tertiary/aromatic N) is 3. The molecule has 0 saturated carbocycles. The highest BCUT2D eigenvalue weighted by molar-refractivity contribution is 7.98. The maximum atomic E-state index is 5.91. The lowest BCUT2D eigenvalue weighted by Crippen LogP contribution is -2.07. The first-order chi connectivity index (χ1) is 10.2. The van der Waals surface area contributed by atoms with Gasteiger partial charge in [0.25, 0.3) is 0 Å². The fourth-order valence-corrected chi connectivity index (χ4v) is 2.54. The van der Waals surface area contributed by atoms with Crippen molar-refractivity contribution >= 4 is 17.3 Å². The molecule has 4 nitrogen and oxygen atoms in total. The van der Waals surface area contributed by atoms with Crippen molar-refractivity contribution in [3.63, 3.8) is 0 Å². The molecule has 0 fully saturated rings. The Hall–Kier alpha value is -2.01. The van der Waals surface area contributed by atoms with Crippen molar-refractivity contribution in [3.05, 3.63) is 42.6 Å². The number of benzene rings is 1. The normalized spacial score (nSPS) is 11.2. The Balaban J connectivity index is 2.16. The molecule has 5 heteroatoms. The minimum atomic E-state index is 0.133. The van der Waals surface area contributed by atoms with Gasteiger partial charge in [0.2, 0.25) is 5.16 Å². The maximum Gasteiger partial charge on any atom is 0.207 e. The van der Waals surface area contributed by atoms with E-state index in [-0.39, 0.29) is 6.10 Å². The quantitative estimate of drug-likeness (QED) is 0.685. The third-order valence-electron chi connectivity index (χ3n) is 3.09. The molecule has 0 aliphatic heterocycles. The van der Waals surface area contributed by atoms with Gasteiger partial charge < -0.3 is 4.74 Å². The molecule has 0 unspecified atom stereocenters. The molecule has 0 amide bonds. The molecule has 2 aromatic heterocycles. The van der Waals surface area contributed by atoms with Gasteiger partial charge in [0.05, 0.1) is 23.5 Å². The zero-order valence-electron chi connectivity index (χ0n) is 12.3. The summed E-state index contributed by atoms with van der Waals surface area (Å²) < 4.78 is 7.83. The minimum absolute atomic E-state index is 0.133. The number of para-hydroxylation sites is 1. The highest BCUT2D eigenvalue weighted by Crippen LogP contribution is 2.31. The molecule has 1 aromatic carbocycles. The van der Waals surface area contributed by atoms with Gasteiger partial charge in [-0.25, -0.2) is 9.50 Å². The van der Waals surface area contributed by atoms with Crippen molar-refractivity contribution in [1.82, 2.24) is 14.6 Å². The SMILES string of the molecule is CSc1ncc2ccc(-c3ccccc3OC(C)C)n2n1. The van der Waals surface area contributed by atoms with Crippen LogP contribution in [0, 0.1) is 0 Å². The summed E-state index contributed by atoms with van der Waals surface area (Å²) in [6.45, 7) is 4.06. The van der Waals surface area contributed by atoms with Crippen molar-refractivity contribution in [1.29, 1.82) is 0 Å². The first-order valence-corrected chi connectivity index (χ1v) is 8.06. The number of aromatic nitrogens is 3. The van der Waals surface area contributed by atoms with Gasteiger partial charge in [-0.1, -0.05) is 23.9 Å². The van der Waals surface area contributed by atoms with Gasteiger partial charge in [0, 0.05) is 5.56 Å². The number of hydrogen-bond acceptors (Lipinski definition) is 4. The summed E-state index contributed by atoms with van der Waals surface area (Å²) in [7, 11) is 0. The number of rotatable bonds is 4. The van der Waals surface area contributed by atoms with E-state index in [2.05, 4.69) is 22.2 Å². The second-order valence-electron chi connectivity index (χ2n) is 4.96. The topological polar surface area (TPSA) is 39.4 Å². The molecule has 3 aromatic rings. The minimum Gasteiger partial charge on any atom is -0.490 e. The Morgan fingerprint density at radius 1 is 1.14 bits per heavy atom. The van der Waals surface area contributed by atoms with Gasteiger partial charge in [-0.05, 0) is 44.4 Å². The van der Waals surface area contributed by atoms with Crippen molar-refractivity contribution in [2.24, 2.45) is 0 Å². The van der Waals surface area contributed by atoms with Crippen LogP contribution in [0.25, 0.3) is 16.8 Å². The van der Waals surface area contributed by atoms with E-state index in [1.807, 2.05) is 55.1 Å². The van der Waals surface area contributed by atoms with Gasteiger partial charge in [0.15, 0.2) is 0 Å². The van der Waals surface area contributed by atoms with E-state index >= 15 is 0 Å². The van der Waals surface area contributed by atoms with E-state index in [1.165, 1.54) is 11.8 Å². The first kappa shape index (κ1) is 13.9. The number of fused-ring (bicyclic) bond motifs is 1. The van der Waals surface area contributed by atoms with Crippen LogP contribution in [0.1, 0.15) is 13.8 Å². The van der Waals surface area contributed by atoms with E-state index in [4.69, 9.17) is 4.74 Å². The molecule has 0 saturated heterocycles. The highest BCUT2D eigenvalue weighted by atomic mass is 32.2. The lowest BCUT2D eigenvalue weighted by molar-refractivity contribution is 0.243. The van der Waals surface area contributed by atoms with Crippen LogP contribution in [0.4, 0.5) is 0 Å². The molecular weight excluding hydrogens is 282 g/mol. The van der Waals surface area contributed by atoms with E-state index in [9.17, 15) is 0 Å². The lowest BCUT2D eigenvalue weighted by atomic mass is 10.1. The predicted molar refractivity (Wildman–Crippen MR) is 86.0 cm³/mol. The van der Waals surface area contributed by atoms with Crippen LogP contribution < -0.4 is 4.74 Å². The van der Waals surface area contributed by atoms with Crippen LogP contribution in [-0.4, -0.2) is 27.0 Å². The van der Waals surface area contributed by atoms with Crippen molar-refractivity contribution in [2.75, 3.05) is 6.26 Å². The van der Waals surface area contributed by atoms with Crippen LogP contribution in [0.2, 0.25) is 0 Å². The molecule has 0 bridgehead atoms. The van der Waals surface area contributed by atoms with Gasteiger partial charge in [0.1, 0.15) is 5.75 Å². The van der Waals surface area contributed by atoms with Crippen molar-refractivity contribution in [3.8, 4) is 17.0 Å². The molecule has 0 spiro atoms. The molecule has 3 rings (SSSR count). The Labute approximate surface area is 128 Å². The molecule has 2 heterocycles. The van der Waals surface area contributed by atoms with E-state index in [1.54, 1.807) is 0 Å². The smallest absolute Gasteiger partial charge is 0.207 e. The van der Waals surface area contributed by atoms with Crippen LogP contribution in [0.15, 0.2) is 47.8 Å². The number of hydrogen-bond donors (Lipinski definition) is 0. The first-order valence-electron chi connectivity index (χ1n) is 6.84. The third-order valence-corrected chi connectivity index (χ3v) is 3.64. The van der Waals surface area contributed by atoms with Crippen LogP contribution >= 0.6 is 11.8 Å². The summed E-state index contributed by atoms with van der Waals surface area (Å²) in [6, 6.07) is 12.1. The Bertz CT molecular complexity index is 767. The van der Waals surface area contributed by atoms with Crippen LogP contribution in [-0.2, 0) is 0 Å². The van der Waals surface area contributed by atoms with E-state index in [0.717, 1.165) is 27.7 Å². The van der Waals surface area contributed by atoms with Crippen molar-refractivity contribution < 1.29 is 4.74 Å². The largest absolute Gasteiger partial charge is 0.490 e. The van der Waals surface area contributed by atoms with Gasteiger partial charge in [-0.2, -0.15) is 0 Å². The fourth-order valence-electron chi connectivity index (χ4n) is 2.22. The van der Waals surface area contributed by atoms with Gasteiger partial charge >= 0.3 is 0 Å². The molecule has 0 aliphatic rings. The molecule has 21 heavy (non-hydrogen) atoms. The predicted octanol–water partition coefficient (Wildman–Crippen LogP) is 3.91. The maximum absolute atomic E-state index is 5.91. The number of thioether (sulfide) groups is 1. The summed E-state index contributed by atoms with van der Waals surface area (Å²) in [6.07, 6.45) is 3.95. The third kappa shape index (κ3) is 2.74. The van der Waals surface area contributed by atoms with Crippen LogP contribution in [0.3, 0.4) is 0 Å². The Morgan fingerprint density at radius 2 is 1.95 bits per heavy atom. The summed E-state index contributed by atoms with van der Waals surface area (Å²) >= 11 is 1.53. The monoisotopic (exact) mass is 299 g/mol. The van der Waals surface area contributed by atoms with Crippen LogP contribution in [0.5, 0.6) is 5.75 Å². The second-order valence-corrected chi connectivity index (χ2v) is 5.74. The second kappa shape index (κ2) is 5.77. The van der Waals surface area contributed by atoms with E-state index in [0.29, 0.717) is 0 Å².